The van der Waals surface area contributed by atoms with Crippen molar-refractivity contribution >= 4 is 11.9 Å². The van der Waals surface area contributed by atoms with E-state index in [0.29, 0.717) is 12.3 Å². The van der Waals surface area contributed by atoms with E-state index in [-0.39, 0.29) is 17.8 Å². The number of rotatable bonds is 7. The summed E-state index contributed by atoms with van der Waals surface area (Å²) >= 11 is 0. The Balaban J connectivity index is 2.38. The van der Waals surface area contributed by atoms with E-state index in [0.717, 1.165) is 25.9 Å². The van der Waals surface area contributed by atoms with Crippen LogP contribution in [0.15, 0.2) is 0 Å². The van der Waals surface area contributed by atoms with Gasteiger partial charge in [0.15, 0.2) is 0 Å². The molecule has 0 saturated carbocycles. The van der Waals surface area contributed by atoms with Gasteiger partial charge >= 0.3 is 5.97 Å². The summed E-state index contributed by atoms with van der Waals surface area (Å²) in [5.74, 6) is 0.260. The van der Waals surface area contributed by atoms with Crippen LogP contribution in [0.4, 0.5) is 0 Å². The Hall–Kier alpha value is -1.10. The summed E-state index contributed by atoms with van der Waals surface area (Å²) in [6.07, 6.45) is 4.56. The summed E-state index contributed by atoms with van der Waals surface area (Å²) in [6.45, 7) is 6.04. The van der Waals surface area contributed by atoms with Crippen molar-refractivity contribution in [3.8, 4) is 0 Å². The molecule has 0 aromatic heterocycles. The number of hydrogen-bond acceptors (Lipinski definition) is 4. The van der Waals surface area contributed by atoms with Gasteiger partial charge in [-0.1, -0.05) is 20.3 Å². The standard InChI is InChI=1S/C15H28N2O3/c1-4-11(2)14(15(19)20-3)17-13(18)8-7-12-6-5-9-16-10-12/h11-12,14,16H,4-10H2,1-3H3,(H,17,18). The van der Waals surface area contributed by atoms with Crippen LogP contribution in [0.3, 0.4) is 0 Å². The number of methoxy groups -OCH3 is 1. The van der Waals surface area contributed by atoms with Crippen molar-refractivity contribution < 1.29 is 14.3 Å². The molecule has 0 aromatic carbocycles. The number of piperidine rings is 1. The Kier molecular flexibility index (Phi) is 7.59. The molecule has 116 valence electrons. The zero-order chi connectivity index (χ0) is 15.0. The van der Waals surface area contributed by atoms with Crippen LogP contribution in [0.5, 0.6) is 0 Å². The van der Waals surface area contributed by atoms with Crippen LogP contribution in [-0.2, 0) is 14.3 Å². The molecule has 1 heterocycles. The smallest absolute Gasteiger partial charge is 0.328 e. The van der Waals surface area contributed by atoms with Crippen molar-refractivity contribution in [2.75, 3.05) is 20.2 Å². The molecule has 1 saturated heterocycles. The van der Waals surface area contributed by atoms with Gasteiger partial charge in [-0.2, -0.15) is 0 Å². The van der Waals surface area contributed by atoms with Crippen molar-refractivity contribution in [2.24, 2.45) is 11.8 Å². The van der Waals surface area contributed by atoms with E-state index in [2.05, 4.69) is 10.6 Å². The molecular weight excluding hydrogens is 256 g/mol. The molecule has 0 spiro atoms. The lowest BCUT2D eigenvalue weighted by Gasteiger charge is -2.24. The van der Waals surface area contributed by atoms with E-state index in [9.17, 15) is 9.59 Å². The molecule has 5 nitrogen and oxygen atoms in total. The maximum Gasteiger partial charge on any atom is 0.328 e. The van der Waals surface area contributed by atoms with Gasteiger partial charge in [0.1, 0.15) is 6.04 Å². The summed E-state index contributed by atoms with van der Waals surface area (Å²) < 4.78 is 4.77. The molecule has 0 radical (unpaired) electrons. The van der Waals surface area contributed by atoms with Gasteiger partial charge in [0.05, 0.1) is 7.11 Å². The molecule has 1 aliphatic heterocycles. The molecule has 1 aliphatic rings. The normalized spacial score (nSPS) is 21.9. The molecular formula is C15H28N2O3. The Labute approximate surface area is 121 Å². The first kappa shape index (κ1) is 17.0. The highest BCUT2D eigenvalue weighted by atomic mass is 16.5. The SMILES string of the molecule is CCC(C)C(NC(=O)CCC1CCCNC1)C(=O)OC. The van der Waals surface area contributed by atoms with Crippen LogP contribution in [-0.4, -0.2) is 38.1 Å². The quantitative estimate of drug-likeness (QED) is 0.695. The van der Waals surface area contributed by atoms with Crippen molar-refractivity contribution in [2.45, 2.75) is 52.0 Å². The lowest BCUT2D eigenvalue weighted by molar-refractivity contribution is -0.146. The first-order valence-corrected chi connectivity index (χ1v) is 7.66. The Morgan fingerprint density at radius 2 is 2.20 bits per heavy atom. The topological polar surface area (TPSA) is 67.4 Å². The van der Waals surface area contributed by atoms with Crippen LogP contribution in [0.2, 0.25) is 0 Å². The monoisotopic (exact) mass is 284 g/mol. The summed E-state index contributed by atoms with van der Waals surface area (Å²) in [4.78, 5) is 23.7. The second kappa shape index (κ2) is 8.95. The van der Waals surface area contributed by atoms with Gasteiger partial charge < -0.3 is 15.4 Å². The molecule has 1 rings (SSSR count). The molecule has 1 fully saturated rings. The Bertz CT molecular complexity index is 314. The third kappa shape index (κ3) is 5.49. The first-order chi connectivity index (χ1) is 9.58. The van der Waals surface area contributed by atoms with Gasteiger partial charge in [-0.15, -0.1) is 0 Å². The highest BCUT2D eigenvalue weighted by Crippen LogP contribution is 2.16. The number of ether oxygens (including phenoxy) is 1. The highest BCUT2D eigenvalue weighted by molar-refractivity contribution is 5.84. The van der Waals surface area contributed by atoms with E-state index in [4.69, 9.17) is 4.74 Å². The maximum absolute atomic E-state index is 12.0. The number of carbonyl (C=O) groups is 2. The average molecular weight is 284 g/mol. The minimum atomic E-state index is -0.526. The predicted molar refractivity (Wildman–Crippen MR) is 78.2 cm³/mol. The molecule has 3 atom stereocenters. The Morgan fingerprint density at radius 3 is 2.75 bits per heavy atom. The lowest BCUT2D eigenvalue weighted by atomic mass is 9.94. The molecule has 1 amide bonds. The van der Waals surface area contributed by atoms with E-state index in [1.54, 1.807) is 0 Å². The van der Waals surface area contributed by atoms with Gasteiger partial charge in [0.2, 0.25) is 5.91 Å². The average Bonchev–Trinajstić information content (AvgIpc) is 2.50. The second-order valence-corrected chi connectivity index (χ2v) is 5.70. The van der Waals surface area contributed by atoms with Gasteiger partial charge in [0.25, 0.3) is 0 Å². The fourth-order valence-corrected chi connectivity index (χ4v) is 2.55. The number of carbonyl (C=O) groups excluding carboxylic acids is 2. The van der Waals surface area contributed by atoms with Crippen LogP contribution in [0.1, 0.15) is 46.0 Å². The molecule has 2 N–H and O–H groups in total. The number of esters is 1. The van der Waals surface area contributed by atoms with Crippen LogP contribution in [0, 0.1) is 11.8 Å². The van der Waals surface area contributed by atoms with E-state index in [1.165, 1.54) is 20.0 Å². The van der Waals surface area contributed by atoms with Gasteiger partial charge in [-0.05, 0) is 44.2 Å². The zero-order valence-electron chi connectivity index (χ0n) is 12.9. The third-order valence-corrected chi connectivity index (χ3v) is 4.16. The molecule has 0 aromatic rings. The summed E-state index contributed by atoms with van der Waals surface area (Å²) in [7, 11) is 1.36. The molecule has 0 aliphatic carbocycles. The van der Waals surface area contributed by atoms with Crippen molar-refractivity contribution in [3.05, 3.63) is 0 Å². The van der Waals surface area contributed by atoms with Crippen LogP contribution < -0.4 is 10.6 Å². The Morgan fingerprint density at radius 1 is 1.45 bits per heavy atom. The van der Waals surface area contributed by atoms with Gasteiger partial charge in [-0.3, -0.25) is 4.79 Å². The lowest BCUT2D eigenvalue weighted by Crippen LogP contribution is -2.45. The summed E-state index contributed by atoms with van der Waals surface area (Å²) in [5.41, 5.74) is 0. The fourth-order valence-electron chi connectivity index (χ4n) is 2.55. The first-order valence-electron chi connectivity index (χ1n) is 7.66. The van der Waals surface area contributed by atoms with Gasteiger partial charge in [0, 0.05) is 6.42 Å². The second-order valence-electron chi connectivity index (χ2n) is 5.70. The summed E-state index contributed by atoms with van der Waals surface area (Å²) in [5, 5.41) is 6.17. The molecule has 5 heteroatoms. The minimum absolute atomic E-state index is 0.0497. The van der Waals surface area contributed by atoms with E-state index >= 15 is 0 Å². The van der Waals surface area contributed by atoms with Crippen molar-refractivity contribution in [1.29, 1.82) is 0 Å². The number of amides is 1. The molecule has 20 heavy (non-hydrogen) atoms. The van der Waals surface area contributed by atoms with Crippen molar-refractivity contribution in [3.63, 3.8) is 0 Å². The maximum atomic E-state index is 12.0. The molecule has 0 bridgehead atoms. The van der Waals surface area contributed by atoms with Crippen molar-refractivity contribution in [1.82, 2.24) is 10.6 Å². The zero-order valence-corrected chi connectivity index (χ0v) is 12.9. The van der Waals surface area contributed by atoms with Gasteiger partial charge in [-0.25, -0.2) is 4.79 Å². The van der Waals surface area contributed by atoms with E-state index < -0.39 is 6.04 Å². The predicted octanol–water partition coefficient (Wildman–Crippen LogP) is 1.47. The largest absolute Gasteiger partial charge is 0.467 e. The number of nitrogens with one attached hydrogen (secondary N) is 2. The van der Waals surface area contributed by atoms with Crippen LogP contribution in [0.25, 0.3) is 0 Å². The highest BCUT2D eigenvalue weighted by Gasteiger charge is 2.26. The fraction of sp³-hybridized carbons (Fsp3) is 0.867. The van der Waals surface area contributed by atoms with Crippen LogP contribution >= 0.6 is 0 Å². The minimum Gasteiger partial charge on any atom is -0.467 e. The summed E-state index contributed by atoms with van der Waals surface area (Å²) in [6, 6.07) is -0.526. The third-order valence-electron chi connectivity index (χ3n) is 4.16. The molecule has 3 unspecified atom stereocenters. The van der Waals surface area contributed by atoms with E-state index in [1.807, 2.05) is 13.8 Å². The number of hydrogen-bond donors (Lipinski definition) is 2.